The van der Waals surface area contributed by atoms with Gasteiger partial charge in [-0.05, 0) is 29.1 Å². The first kappa shape index (κ1) is 16.6. The second kappa shape index (κ2) is 6.80. The van der Waals surface area contributed by atoms with Crippen molar-refractivity contribution in [3.63, 3.8) is 0 Å². The van der Waals surface area contributed by atoms with Crippen molar-refractivity contribution < 1.29 is 14.3 Å². The third kappa shape index (κ3) is 3.15. The van der Waals surface area contributed by atoms with E-state index in [9.17, 15) is 9.59 Å². The molecule has 0 saturated heterocycles. The van der Waals surface area contributed by atoms with E-state index >= 15 is 0 Å². The van der Waals surface area contributed by atoms with E-state index in [0.717, 1.165) is 11.3 Å². The van der Waals surface area contributed by atoms with E-state index in [-0.39, 0.29) is 18.0 Å². The molecule has 0 unspecified atom stereocenters. The Morgan fingerprint density at radius 1 is 1.27 bits per heavy atom. The van der Waals surface area contributed by atoms with Crippen LogP contribution >= 0.6 is 11.3 Å². The van der Waals surface area contributed by atoms with E-state index in [0.29, 0.717) is 35.7 Å². The van der Waals surface area contributed by atoms with Crippen molar-refractivity contribution in [2.45, 2.75) is 13.1 Å². The maximum Gasteiger partial charge on any atom is 0.271 e. The molecule has 1 aromatic carbocycles. The number of amides is 1. The molecular weight excluding hydrogens is 354 g/mol. The summed E-state index contributed by atoms with van der Waals surface area (Å²) >= 11 is 1.33. The van der Waals surface area contributed by atoms with Crippen molar-refractivity contribution in [1.82, 2.24) is 14.5 Å². The summed E-state index contributed by atoms with van der Waals surface area (Å²) in [6.07, 6.45) is 1.42. The summed E-state index contributed by atoms with van der Waals surface area (Å²) < 4.78 is 13.0. The first-order valence-corrected chi connectivity index (χ1v) is 9.05. The van der Waals surface area contributed by atoms with Crippen molar-refractivity contribution in [3.05, 3.63) is 51.9 Å². The molecule has 0 aliphatic carbocycles. The van der Waals surface area contributed by atoms with E-state index in [4.69, 9.17) is 9.47 Å². The van der Waals surface area contributed by atoms with Crippen LogP contribution in [0.15, 0.2) is 40.8 Å². The molecule has 0 atom stereocenters. The van der Waals surface area contributed by atoms with Crippen LogP contribution < -0.4 is 15.0 Å². The fourth-order valence-electron chi connectivity index (χ4n) is 2.81. The molecule has 1 amide bonds. The minimum absolute atomic E-state index is 0.0409. The molecule has 3 heterocycles. The average Bonchev–Trinajstić information content (AvgIpc) is 3.13. The molecule has 1 aliphatic heterocycles. The van der Waals surface area contributed by atoms with Gasteiger partial charge in [-0.3, -0.25) is 14.2 Å². The average molecular weight is 371 g/mol. The number of hydrogen-bond donors (Lipinski definition) is 0. The van der Waals surface area contributed by atoms with E-state index in [1.807, 2.05) is 23.6 Å². The Morgan fingerprint density at radius 3 is 2.92 bits per heavy atom. The van der Waals surface area contributed by atoms with Gasteiger partial charge in [0.15, 0.2) is 11.5 Å². The lowest BCUT2D eigenvalue weighted by Gasteiger charge is -2.21. The van der Waals surface area contributed by atoms with Crippen LogP contribution in [0.2, 0.25) is 0 Å². The van der Waals surface area contributed by atoms with Crippen LogP contribution in [0.5, 0.6) is 11.5 Å². The maximum atomic E-state index is 12.5. The molecule has 0 radical (unpaired) electrons. The quantitative estimate of drug-likeness (QED) is 0.700. The van der Waals surface area contributed by atoms with Crippen LogP contribution in [-0.4, -0.2) is 40.6 Å². The normalized spacial score (nSPS) is 13.0. The number of aromatic nitrogens is 2. The van der Waals surface area contributed by atoms with Gasteiger partial charge >= 0.3 is 0 Å². The van der Waals surface area contributed by atoms with E-state index < -0.39 is 0 Å². The van der Waals surface area contributed by atoms with Gasteiger partial charge in [0, 0.05) is 13.6 Å². The molecule has 26 heavy (non-hydrogen) atoms. The highest BCUT2D eigenvalue weighted by atomic mass is 32.1. The van der Waals surface area contributed by atoms with Gasteiger partial charge < -0.3 is 14.4 Å². The van der Waals surface area contributed by atoms with Gasteiger partial charge in [0.05, 0.1) is 11.8 Å². The molecule has 134 valence electrons. The SMILES string of the molecule is CN(Cc1ccc2c(c1)OCCO2)C(=O)Cn1cnc2ccsc2c1=O. The van der Waals surface area contributed by atoms with Gasteiger partial charge in [-0.25, -0.2) is 4.98 Å². The van der Waals surface area contributed by atoms with Crippen molar-refractivity contribution in [2.75, 3.05) is 20.3 Å². The number of thiophene rings is 1. The van der Waals surface area contributed by atoms with Gasteiger partial charge in [-0.1, -0.05) is 6.07 Å². The molecular formula is C18H17N3O4S. The molecule has 0 bridgehead atoms. The summed E-state index contributed by atoms with van der Waals surface area (Å²) in [5, 5.41) is 1.82. The lowest BCUT2D eigenvalue weighted by atomic mass is 10.2. The van der Waals surface area contributed by atoms with Gasteiger partial charge in [-0.2, -0.15) is 0 Å². The maximum absolute atomic E-state index is 12.5. The van der Waals surface area contributed by atoms with Crippen LogP contribution in [0.25, 0.3) is 10.2 Å². The third-order valence-electron chi connectivity index (χ3n) is 4.19. The van der Waals surface area contributed by atoms with Gasteiger partial charge in [0.25, 0.3) is 5.56 Å². The highest BCUT2D eigenvalue weighted by molar-refractivity contribution is 7.17. The number of hydrogen-bond acceptors (Lipinski definition) is 6. The summed E-state index contributed by atoms with van der Waals surface area (Å²) in [6.45, 7) is 1.44. The number of carbonyl (C=O) groups excluding carboxylic acids is 1. The lowest BCUT2D eigenvalue weighted by molar-refractivity contribution is -0.131. The number of ether oxygens (including phenoxy) is 2. The van der Waals surface area contributed by atoms with E-state index in [1.165, 1.54) is 22.2 Å². The Morgan fingerprint density at radius 2 is 2.08 bits per heavy atom. The van der Waals surface area contributed by atoms with Crippen LogP contribution in [-0.2, 0) is 17.9 Å². The highest BCUT2D eigenvalue weighted by Gasteiger charge is 2.16. The van der Waals surface area contributed by atoms with E-state index in [1.54, 1.807) is 18.0 Å². The van der Waals surface area contributed by atoms with Gasteiger partial charge in [0.2, 0.25) is 5.91 Å². The summed E-state index contributed by atoms with van der Waals surface area (Å²) in [5.41, 5.74) is 1.41. The number of nitrogens with zero attached hydrogens (tertiary/aromatic N) is 3. The molecule has 4 rings (SSSR count). The predicted molar refractivity (Wildman–Crippen MR) is 97.8 cm³/mol. The van der Waals surface area contributed by atoms with E-state index in [2.05, 4.69) is 4.98 Å². The topological polar surface area (TPSA) is 73.7 Å². The minimum atomic E-state index is -0.189. The third-order valence-corrected chi connectivity index (χ3v) is 5.09. The number of benzene rings is 1. The Kier molecular flexibility index (Phi) is 4.34. The molecule has 2 aromatic heterocycles. The van der Waals surface area contributed by atoms with Crippen LogP contribution in [0.3, 0.4) is 0 Å². The minimum Gasteiger partial charge on any atom is -0.486 e. The smallest absolute Gasteiger partial charge is 0.271 e. The molecule has 8 heteroatoms. The predicted octanol–water partition coefficient (Wildman–Crippen LogP) is 1.89. The fourth-order valence-corrected chi connectivity index (χ4v) is 3.60. The van der Waals surface area contributed by atoms with Gasteiger partial charge in [0.1, 0.15) is 24.5 Å². The van der Waals surface area contributed by atoms with Crippen LogP contribution in [0, 0.1) is 0 Å². The zero-order valence-electron chi connectivity index (χ0n) is 14.2. The van der Waals surface area contributed by atoms with Crippen LogP contribution in [0.1, 0.15) is 5.56 Å². The highest BCUT2D eigenvalue weighted by Crippen LogP contribution is 2.31. The monoisotopic (exact) mass is 371 g/mol. The fraction of sp³-hybridized carbons (Fsp3) is 0.278. The largest absolute Gasteiger partial charge is 0.486 e. The standard InChI is InChI=1S/C18H17N3O4S/c1-20(9-12-2-3-14-15(8-12)25-6-5-24-14)16(22)10-21-11-19-13-4-7-26-17(13)18(21)23/h2-4,7-8,11H,5-6,9-10H2,1H3. The molecule has 0 N–H and O–H groups in total. The first-order valence-electron chi connectivity index (χ1n) is 8.17. The van der Waals surface area contributed by atoms with Crippen molar-refractivity contribution in [3.8, 4) is 11.5 Å². The Balaban J connectivity index is 1.47. The number of fused-ring (bicyclic) bond motifs is 2. The molecule has 1 aliphatic rings. The Hall–Kier alpha value is -2.87. The summed E-state index contributed by atoms with van der Waals surface area (Å²) in [4.78, 5) is 30.7. The summed E-state index contributed by atoms with van der Waals surface area (Å²) in [7, 11) is 1.71. The molecule has 0 spiro atoms. The van der Waals surface area contributed by atoms with Crippen LogP contribution in [0.4, 0.5) is 0 Å². The number of likely N-dealkylation sites (N-methyl/N-ethyl adjacent to an activating group) is 1. The second-order valence-corrected chi connectivity index (χ2v) is 6.96. The second-order valence-electron chi connectivity index (χ2n) is 6.04. The summed E-state index contributed by atoms with van der Waals surface area (Å²) in [6, 6.07) is 7.43. The first-order chi connectivity index (χ1) is 12.6. The molecule has 0 saturated carbocycles. The lowest BCUT2D eigenvalue weighted by Crippen LogP contribution is -2.33. The summed E-state index contributed by atoms with van der Waals surface area (Å²) in [5.74, 6) is 1.24. The van der Waals surface area contributed by atoms with Crippen molar-refractivity contribution in [1.29, 1.82) is 0 Å². The van der Waals surface area contributed by atoms with Gasteiger partial charge in [-0.15, -0.1) is 11.3 Å². The van der Waals surface area contributed by atoms with Crippen molar-refractivity contribution in [2.24, 2.45) is 0 Å². The number of rotatable bonds is 4. The van der Waals surface area contributed by atoms with Crippen molar-refractivity contribution >= 4 is 27.5 Å². The molecule has 7 nitrogen and oxygen atoms in total. The molecule has 0 fully saturated rings. The Labute approximate surface area is 153 Å². The zero-order chi connectivity index (χ0) is 18.1. The molecule has 3 aromatic rings. The number of carbonyl (C=O) groups is 1. The zero-order valence-corrected chi connectivity index (χ0v) is 15.0. The Bertz CT molecular complexity index is 1030.